The Hall–Kier alpha value is -3.88. The van der Waals surface area contributed by atoms with Gasteiger partial charge in [-0.3, -0.25) is 9.59 Å². The molecule has 45 heavy (non-hydrogen) atoms. The molecule has 4 N–H and O–H groups in total. The Morgan fingerprint density at radius 1 is 1.02 bits per heavy atom. The van der Waals surface area contributed by atoms with E-state index >= 15 is 0 Å². The van der Waals surface area contributed by atoms with Crippen molar-refractivity contribution in [3.05, 3.63) is 89.0 Å². The standard InChI is InChI=1S/C37H46N4O4/c1-25(2)27-9-6-10-29(20-27)37(13-14-37)39-24-34(42)33-19-26-8-5-11-32(18-26)45-17-4-3-15-38-30-21-28(36(44)40-33)22-31(23-30)41-16-7-12-35(41)43/h5-6,8-11,18,20-23,25,33-34,38-39,42H,3-4,7,12-17,19,24H2,1-2H3,(H,40,44)/t33-,34+/m0/s1. The maximum absolute atomic E-state index is 13.9. The maximum atomic E-state index is 13.9. The third-order valence-electron chi connectivity index (χ3n) is 9.37. The van der Waals surface area contributed by atoms with E-state index in [2.05, 4.69) is 54.1 Å². The van der Waals surface area contributed by atoms with Gasteiger partial charge in [0.15, 0.2) is 0 Å². The third-order valence-corrected chi connectivity index (χ3v) is 9.37. The number of fused-ring (bicyclic) bond motifs is 4. The van der Waals surface area contributed by atoms with Crippen LogP contribution in [0.5, 0.6) is 5.75 Å². The van der Waals surface area contributed by atoms with Crippen molar-refractivity contribution in [2.75, 3.05) is 36.5 Å². The molecule has 1 saturated heterocycles. The number of anilines is 2. The quantitative estimate of drug-likeness (QED) is 0.282. The van der Waals surface area contributed by atoms with E-state index in [4.69, 9.17) is 4.74 Å². The smallest absolute Gasteiger partial charge is 0.251 e. The molecule has 0 aromatic heterocycles. The number of carbonyl (C=O) groups excluding carboxylic acids is 2. The predicted molar refractivity (Wildman–Crippen MR) is 178 cm³/mol. The molecule has 3 aromatic rings. The summed E-state index contributed by atoms with van der Waals surface area (Å²) in [5.74, 6) is 1.03. The van der Waals surface area contributed by atoms with E-state index in [1.807, 2.05) is 36.4 Å². The number of nitrogens with zero attached hydrogens (tertiary/aromatic N) is 1. The lowest BCUT2D eigenvalue weighted by Crippen LogP contribution is -2.50. The lowest BCUT2D eigenvalue weighted by atomic mass is 9.95. The maximum Gasteiger partial charge on any atom is 0.251 e. The summed E-state index contributed by atoms with van der Waals surface area (Å²) in [5.41, 5.74) is 5.37. The molecule has 8 nitrogen and oxygen atoms in total. The molecule has 2 fully saturated rings. The molecule has 238 valence electrons. The van der Waals surface area contributed by atoms with Crippen molar-refractivity contribution in [2.45, 2.75) is 82.4 Å². The second-order valence-corrected chi connectivity index (χ2v) is 13.1. The molecular formula is C37H46N4O4. The van der Waals surface area contributed by atoms with Crippen molar-refractivity contribution in [2.24, 2.45) is 0 Å². The molecule has 2 aliphatic heterocycles. The fraction of sp³-hybridized carbons (Fsp3) is 0.459. The van der Waals surface area contributed by atoms with Gasteiger partial charge in [0.25, 0.3) is 5.91 Å². The molecule has 2 amide bonds. The molecule has 2 atom stereocenters. The fourth-order valence-electron chi connectivity index (χ4n) is 6.45. The number of hydrogen-bond donors (Lipinski definition) is 4. The van der Waals surface area contributed by atoms with Gasteiger partial charge in [0.2, 0.25) is 5.91 Å². The molecule has 3 aromatic carbocycles. The Labute approximate surface area is 266 Å². The molecule has 0 unspecified atom stereocenters. The highest BCUT2D eigenvalue weighted by Crippen LogP contribution is 2.46. The van der Waals surface area contributed by atoms with Gasteiger partial charge in [-0.1, -0.05) is 50.2 Å². The predicted octanol–water partition coefficient (Wildman–Crippen LogP) is 5.50. The van der Waals surface area contributed by atoms with Crippen LogP contribution in [-0.2, 0) is 16.8 Å². The van der Waals surface area contributed by atoms with Crippen LogP contribution in [0.4, 0.5) is 11.4 Å². The fourth-order valence-corrected chi connectivity index (χ4v) is 6.45. The zero-order valence-corrected chi connectivity index (χ0v) is 26.5. The van der Waals surface area contributed by atoms with Gasteiger partial charge in [0.05, 0.1) is 18.8 Å². The van der Waals surface area contributed by atoms with Gasteiger partial charge >= 0.3 is 0 Å². The van der Waals surface area contributed by atoms with Crippen LogP contribution in [0.15, 0.2) is 66.7 Å². The first-order valence-corrected chi connectivity index (χ1v) is 16.6. The summed E-state index contributed by atoms with van der Waals surface area (Å²) in [7, 11) is 0. The Balaban J connectivity index is 1.26. The average Bonchev–Trinajstić information content (AvgIpc) is 3.72. The molecule has 0 radical (unpaired) electrons. The van der Waals surface area contributed by atoms with Gasteiger partial charge in [-0.25, -0.2) is 0 Å². The van der Waals surface area contributed by atoms with Crippen LogP contribution in [0.2, 0.25) is 0 Å². The molecule has 4 bridgehead atoms. The minimum absolute atomic E-state index is 0.0741. The van der Waals surface area contributed by atoms with Crippen LogP contribution < -0.4 is 25.6 Å². The molecule has 1 saturated carbocycles. The van der Waals surface area contributed by atoms with Gasteiger partial charge in [-0.15, -0.1) is 0 Å². The molecule has 3 aliphatic rings. The Morgan fingerprint density at radius 3 is 2.64 bits per heavy atom. The normalized spacial score (nSPS) is 20.7. The van der Waals surface area contributed by atoms with Crippen LogP contribution in [0.1, 0.15) is 85.3 Å². The average molecular weight is 611 g/mol. The van der Waals surface area contributed by atoms with Crippen molar-refractivity contribution < 1.29 is 19.4 Å². The minimum Gasteiger partial charge on any atom is -0.494 e. The van der Waals surface area contributed by atoms with Gasteiger partial charge in [-0.05, 0) is 91.5 Å². The Kier molecular flexibility index (Phi) is 9.42. The third kappa shape index (κ3) is 7.51. The number of nitrogens with one attached hydrogen (secondary N) is 3. The number of amides is 2. The Morgan fingerprint density at radius 2 is 1.87 bits per heavy atom. The first-order valence-electron chi connectivity index (χ1n) is 16.6. The van der Waals surface area contributed by atoms with Gasteiger partial charge in [-0.2, -0.15) is 0 Å². The minimum atomic E-state index is -0.843. The highest BCUT2D eigenvalue weighted by molar-refractivity contribution is 6.00. The van der Waals surface area contributed by atoms with Gasteiger partial charge in [0, 0.05) is 48.5 Å². The van der Waals surface area contributed by atoms with Crippen molar-refractivity contribution >= 4 is 23.2 Å². The van der Waals surface area contributed by atoms with Crippen molar-refractivity contribution in [1.82, 2.24) is 10.6 Å². The van der Waals surface area contributed by atoms with Crippen LogP contribution >= 0.6 is 0 Å². The van der Waals surface area contributed by atoms with Crippen molar-refractivity contribution in [3.8, 4) is 5.75 Å². The van der Waals surface area contributed by atoms with E-state index in [1.165, 1.54) is 11.1 Å². The number of aliphatic hydroxyl groups is 1. The van der Waals surface area contributed by atoms with Gasteiger partial charge < -0.3 is 30.7 Å². The van der Waals surface area contributed by atoms with E-state index in [-0.39, 0.29) is 17.4 Å². The van der Waals surface area contributed by atoms with Crippen LogP contribution in [0.25, 0.3) is 0 Å². The van der Waals surface area contributed by atoms with Crippen LogP contribution in [0, 0.1) is 0 Å². The largest absolute Gasteiger partial charge is 0.494 e. The highest BCUT2D eigenvalue weighted by Gasteiger charge is 2.44. The van der Waals surface area contributed by atoms with Crippen LogP contribution in [-0.4, -0.2) is 55.3 Å². The zero-order valence-electron chi connectivity index (χ0n) is 26.5. The van der Waals surface area contributed by atoms with Crippen molar-refractivity contribution in [3.63, 3.8) is 0 Å². The number of hydrogen-bond acceptors (Lipinski definition) is 6. The lowest BCUT2D eigenvalue weighted by Gasteiger charge is -2.28. The van der Waals surface area contributed by atoms with E-state index in [1.54, 1.807) is 11.0 Å². The van der Waals surface area contributed by atoms with Crippen LogP contribution in [0.3, 0.4) is 0 Å². The van der Waals surface area contributed by atoms with E-state index in [0.717, 1.165) is 61.3 Å². The summed E-state index contributed by atoms with van der Waals surface area (Å²) in [6.07, 6.45) is 4.72. The summed E-state index contributed by atoms with van der Waals surface area (Å²) >= 11 is 0. The number of benzene rings is 3. The first kappa shape index (κ1) is 31.1. The molecular weight excluding hydrogens is 564 g/mol. The number of aliphatic hydroxyl groups excluding tert-OH is 1. The van der Waals surface area contributed by atoms with E-state index in [0.29, 0.717) is 44.0 Å². The topological polar surface area (TPSA) is 103 Å². The second-order valence-electron chi connectivity index (χ2n) is 13.1. The summed E-state index contributed by atoms with van der Waals surface area (Å²) in [6.45, 7) is 6.70. The zero-order chi connectivity index (χ0) is 31.4. The second kappa shape index (κ2) is 13.6. The lowest BCUT2D eigenvalue weighted by molar-refractivity contribution is -0.117. The number of ether oxygens (including phenoxy) is 1. The van der Waals surface area contributed by atoms with Gasteiger partial charge in [0.1, 0.15) is 5.75 Å². The number of rotatable bonds is 7. The van der Waals surface area contributed by atoms with E-state index in [9.17, 15) is 14.7 Å². The Bertz CT molecular complexity index is 1520. The summed E-state index contributed by atoms with van der Waals surface area (Å²) < 4.78 is 6.05. The summed E-state index contributed by atoms with van der Waals surface area (Å²) in [4.78, 5) is 28.3. The molecule has 6 rings (SSSR count). The number of carbonyl (C=O) groups is 2. The SMILES string of the molecule is CC(C)c1cccc(C2(NC[C@@H](O)[C@@H]3Cc4cccc(c4)OCCCCNc4cc(cc(N5CCCC5=O)c4)C(=O)N3)CC2)c1. The molecule has 0 spiro atoms. The molecule has 2 heterocycles. The summed E-state index contributed by atoms with van der Waals surface area (Å²) in [6, 6.07) is 21.7. The molecule has 8 heteroatoms. The first-order chi connectivity index (χ1) is 21.8. The molecule has 1 aliphatic carbocycles. The van der Waals surface area contributed by atoms with E-state index < -0.39 is 12.1 Å². The van der Waals surface area contributed by atoms with Crippen molar-refractivity contribution in [1.29, 1.82) is 0 Å². The monoisotopic (exact) mass is 610 g/mol. The summed E-state index contributed by atoms with van der Waals surface area (Å²) in [5, 5.41) is 21.9. The highest BCUT2D eigenvalue weighted by atomic mass is 16.5.